The average molecular weight is 351 g/mol. The van der Waals surface area contributed by atoms with Gasteiger partial charge in [-0.1, -0.05) is 32.9 Å². The van der Waals surface area contributed by atoms with Gasteiger partial charge < -0.3 is 4.74 Å². The first-order valence-corrected chi connectivity index (χ1v) is 9.97. The van der Waals surface area contributed by atoms with E-state index in [-0.39, 0.29) is 22.9 Å². The van der Waals surface area contributed by atoms with Crippen molar-refractivity contribution in [2.45, 2.75) is 71.8 Å². The monoisotopic (exact) mass is 351 g/mol. The molecular formula is C23H29NO2. The summed E-state index contributed by atoms with van der Waals surface area (Å²) in [5, 5.41) is 9.47. The quantitative estimate of drug-likeness (QED) is 0.670. The Morgan fingerprint density at radius 1 is 1.27 bits per heavy atom. The molecule has 3 unspecified atom stereocenters. The van der Waals surface area contributed by atoms with Crippen LogP contribution in [0.5, 0.6) is 0 Å². The number of esters is 1. The lowest BCUT2D eigenvalue weighted by Gasteiger charge is -2.50. The number of nitriles is 1. The Balaban J connectivity index is 1.71. The minimum absolute atomic E-state index is 0.00490. The predicted octanol–water partition coefficient (Wildman–Crippen LogP) is 4.98. The Bertz CT molecular complexity index is 790. The minimum atomic E-state index is -0.153. The van der Waals surface area contributed by atoms with Gasteiger partial charge in [0.1, 0.15) is 6.10 Å². The van der Waals surface area contributed by atoms with Crippen LogP contribution in [0, 0.1) is 34.0 Å². The van der Waals surface area contributed by atoms with Crippen molar-refractivity contribution in [2.75, 3.05) is 0 Å². The second-order valence-corrected chi connectivity index (χ2v) is 9.63. The number of benzene rings is 1. The first-order valence-electron chi connectivity index (χ1n) is 9.97. The number of hydrogen-bond acceptors (Lipinski definition) is 3. The van der Waals surface area contributed by atoms with E-state index in [1.807, 2.05) is 12.1 Å². The molecule has 0 bridgehead atoms. The number of carbonyl (C=O) groups excluding carboxylic acids is 1. The van der Waals surface area contributed by atoms with Gasteiger partial charge in [-0.2, -0.15) is 5.26 Å². The highest BCUT2D eigenvalue weighted by molar-refractivity contribution is 5.66. The molecule has 1 aromatic rings. The number of ether oxygens (including phenoxy) is 1. The third kappa shape index (κ3) is 2.42. The van der Waals surface area contributed by atoms with Crippen molar-refractivity contribution in [3.8, 4) is 6.07 Å². The highest BCUT2D eigenvalue weighted by atomic mass is 16.5. The normalized spacial score (nSPS) is 37.0. The maximum atomic E-state index is 11.8. The summed E-state index contributed by atoms with van der Waals surface area (Å²) in [7, 11) is 0. The number of hydrogen-bond donors (Lipinski definition) is 0. The third-order valence-electron chi connectivity index (χ3n) is 7.67. The molecule has 0 amide bonds. The molecule has 0 aromatic heterocycles. The van der Waals surface area contributed by atoms with Gasteiger partial charge in [0.2, 0.25) is 0 Å². The molecule has 0 heterocycles. The number of carbonyl (C=O) groups is 1. The number of nitrogens with zero attached hydrogens (tertiary/aromatic N) is 1. The smallest absolute Gasteiger partial charge is 0.302 e. The maximum Gasteiger partial charge on any atom is 0.302 e. The zero-order valence-electron chi connectivity index (χ0n) is 16.3. The summed E-state index contributed by atoms with van der Waals surface area (Å²) >= 11 is 0. The van der Waals surface area contributed by atoms with Gasteiger partial charge in [-0.15, -0.1) is 0 Å². The fraction of sp³-hybridized carbons (Fsp3) is 0.652. The third-order valence-corrected chi connectivity index (χ3v) is 7.67. The first-order chi connectivity index (χ1) is 12.3. The van der Waals surface area contributed by atoms with Crippen molar-refractivity contribution in [2.24, 2.45) is 22.7 Å². The number of fused-ring (bicyclic) bond motifs is 5. The van der Waals surface area contributed by atoms with Crippen LogP contribution in [0.1, 0.15) is 76.0 Å². The van der Waals surface area contributed by atoms with Gasteiger partial charge >= 0.3 is 5.97 Å². The Labute approximate surface area is 156 Å². The lowest BCUT2D eigenvalue weighted by molar-refractivity contribution is -0.161. The molecule has 5 atom stereocenters. The van der Waals surface area contributed by atoms with E-state index in [4.69, 9.17) is 4.74 Å². The van der Waals surface area contributed by atoms with Crippen LogP contribution >= 0.6 is 0 Å². The summed E-state index contributed by atoms with van der Waals surface area (Å²) in [6, 6.07) is 8.65. The van der Waals surface area contributed by atoms with Crippen LogP contribution < -0.4 is 0 Å². The molecule has 3 nitrogen and oxygen atoms in total. The Hall–Kier alpha value is -1.82. The summed E-state index contributed by atoms with van der Waals surface area (Å²) in [6.07, 6.45) is 5.51. The Kier molecular flexibility index (Phi) is 3.95. The van der Waals surface area contributed by atoms with E-state index < -0.39 is 0 Å². The van der Waals surface area contributed by atoms with Crippen LogP contribution in [0.2, 0.25) is 0 Å². The highest BCUT2D eigenvalue weighted by Crippen LogP contribution is 2.66. The van der Waals surface area contributed by atoms with Gasteiger partial charge in [-0.3, -0.25) is 4.79 Å². The predicted molar refractivity (Wildman–Crippen MR) is 100 cm³/mol. The lowest BCUT2D eigenvalue weighted by Crippen LogP contribution is -2.46. The van der Waals surface area contributed by atoms with Crippen molar-refractivity contribution in [3.63, 3.8) is 0 Å². The molecule has 26 heavy (non-hydrogen) atoms. The van der Waals surface area contributed by atoms with Crippen LogP contribution in [0.4, 0.5) is 0 Å². The molecule has 3 aliphatic carbocycles. The van der Waals surface area contributed by atoms with E-state index in [2.05, 4.69) is 32.9 Å². The van der Waals surface area contributed by atoms with Crippen LogP contribution in [0.25, 0.3) is 0 Å². The molecule has 0 saturated heterocycles. The maximum absolute atomic E-state index is 11.8. The Morgan fingerprint density at radius 2 is 2.04 bits per heavy atom. The fourth-order valence-electron chi connectivity index (χ4n) is 6.81. The molecule has 2 saturated carbocycles. The zero-order valence-corrected chi connectivity index (χ0v) is 16.3. The molecule has 0 radical (unpaired) electrons. The second-order valence-electron chi connectivity index (χ2n) is 9.63. The molecule has 138 valence electrons. The van der Waals surface area contributed by atoms with E-state index in [1.165, 1.54) is 11.1 Å². The standard InChI is InChI=1S/C23H29NO2/c1-14(25)26-21-22(2,3)12-20-19-9-8-16-15(13-24)6-5-7-17(16)18(19)10-11-23(20,21)4/h5-7,18-21H,8-12H2,1-4H3/t18?,19?,20?,21-,23-/m0/s1. The fourth-order valence-corrected chi connectivity index (χ4v) is 6.81. The van der Waals surface area contributed by atoms with Gasteiger partial charge in [0.05, 0.1) is 11.6 Å². The summed E-state index contributed by atoms with van der Waals surface area (Å²) in [6.45, 7) is 8.43. The molecule has 2 fully saturated rings. The zero-order chi connectivity index (χ0) is 18.7. The molecule has 0 aliphatic heterocycles. The topological polar surface area (TPSA) is 50.1 Å². The van der Waals surface area contributed by atoms with Crippen LogP contribution in [0.15, 0.2) is 18.2 Å². The lowest BCUT2D eigenvalue weighted by atomic mass is 9.55. The van der Waals surface area contributed by atoms with Crippen LogP contribution in [-0.2, 0) is 16.0 Å². The molecule has 1 aromatic carbocycles. The van der Waals surface area contributed by atoms with Crippen molar-refractivity contribution in [1.29, 1.82) is 5.26 Å². The number of rotatable bonds is 1. The van der Waals surface area contributed by atoms with Crippen molar-refractivity contribution in [3.05, 3.63) is 34.9 Å². The highest BCUT2D eigenvalue weighted by Gasteiger charge is 2.62. The van der Waals surface area contributed by atoms with E-state index in [0.717, 1.165) is 37.7 Å². The minimum Gasteiger partial charge on any atom is -0.461 e. The summed E-state index contributed by atoms with van der Waals surface area (Å²) in [5.41, 5.74) is 3.65. The van der Waals surface area contributed by atoms with E-state index in [9.17, 15) is 10.1 Å². The summed E-state index contributed by atoms with van der Waals surface area (Å²) in [4.78, 5) is 11.8. The SMILES string of the molecule is CC(=O)O[C@H]1C(C)(C)CC2C3CCc4c(C#N)cccc4C3CC[C@@]21C. The second kappa shape index (κ2) is 5.84. The van der Waals surface area contributed by atoms with Gasteiger partial charge in [0, 0.05) is 17.8 Å². The molecule has 3 aliphatic rings. The van der Waals surface area contributed by atoms with Gasteiger partial charge in [-0.05, 0) is 67.1 Å². The van der Waals surface area contributed by atoms with Crippen LogP contribution in [-0.4, -0.2) is 12.1 Å². The van der Waals surface area contributed by atoms with E-state index in [1.54, 1.807) is 6.92 Å². The molecular weight excluding hydrogens is 322 g/mol. The summed E-state index contributed by atoms with van der Waals surface area (Å²) < 4.78 is 5.90. The van der Waals surface area contributed by atoms with Gasteiger partial charge in [0.25, 0.3) is 0 Å². The molecule has 4 rings (SSSR count). The van der Waals surface area contributed by atoms with Gasteiger partial charge in [0.15, 0.2) is 0 Å². The van der Waals surface area contributed by atoms with Crippen molar-refractivity contribution < 1.29 is 9.53 Å². The van der Waals surface area contributed by atoms with E-state index in [0.29, 0.717) is 17.8 Å². The molecule has 0 N–H and O–H groups in total. The molecule has 0 spiro atoms. The average Bonchev–Trinajstić information content (AvgIpc) is 2.80. The van der Waals surface area contributed by atoms with Crippen molar-refractivity contribution in [1.82, 2.24) is 0 Å². The first kappa shape index (κ1) is 17.6. The largest absolute Gasteiger partial charge is 0.461 e. The van der Waals surface area contributed by atoms with E-state index >= 15 is 0 Å². The van der Waals surface area contributed by atoms with Crippen molar-refractivity contribution >= 4 is 5.97 Å². The van der Waals surface area contributed by atoms with Crippen LogP contribution in [0.3, 0.4) is 0 Å². The Morgan fingerprint density at radius 3 is 2.73 bits per heavy atom. The molecule has 3 heteroatoms. The summed E-state index contributed by atoms with van der Waals surface area (Å²) in [5.74, 6) is 1.62. The van der Waals surface area contributed by atoms with Gasteiger partial charge in [-0.25, -0.2) is 0 Å².